The molecule has 3 rings (SSSR count). The van der Waals surface area contributed by atoms with Gasteiger partial charge in [-0.25, -0.2) is 4.98 Å². The van der Waals surface area contributed by atoms with Crippen molar-refractivity contribution < 1.29 is 0 Å². The molecule has 1 atom stereocenters. The van der Waals surface area contributed by atoms with Crippen LogP contribution < -0.4 is 5.56 Å². The van der Waals surface area contributed by atoms with Crippen LogP contribution in [0.4, 0.5) is 0 Å². The smallest absolute Gasteiger partial charge is 0.261 e. The van der Waals surface area contributed by atoms with E-state index >= 15 is 0 Å². The SMILES string of the molecule is CCc1nc(C(C)Br)n2c3ccc(C)cc3c(=O)n(C)c12. The van der Waals surface area contributed by atoms with Crippen LogP contribution in [0.3, 0.4) is 0 Å². The van der Waals surface area contributed by atoms with E-state index in [2.05, 4.69) is 34.2 Å². The van der Waals surface area contributed by atoms with Gasteiger partial charge >= 0.3 is 0 Å². The predicted octanol–water partition coefficient (Wildman–Crippen LogP) is 3.51. The summed E-state index contributed by atoms with van der Waals surface area (Å²) in [6, 6.07) is 6.00. The van der Waals surface area contributed by atoms with E-state index in [9.17, 15) is 4.79 Å². The van der Waals surface area contributed by atoms with Gasteiger partial charge in [-0.05, 0) is 32.4 Å². The first-order valence-electron chi connectivity index (χ1n) is 7.10. The van der Waals surface area contributed by atoms with Crippen LogP contribution in [0.25, 0.3) is 16.6 Å². The lowest BCUT2D eigenvalue weighted by Crippen LogP contribution is -2.20. The van der Waals surface area contributed by atoms with E-state index in [0.29, 0.717) is 0 Å². The minimum absolute atomic E-state index is 0.0320. The molecule has 2 heterocycles. The molecule has 0 aliphatic carbocycles. The molecule has 0 radical (unpaired) electrons. The summed E-state index contributed by atoms with van der Waals surface area (Å²) in [6.07, 6.45) is 0.799. The van der Waals surface area contributed by atoms with E-state index in [1.54, 1.807) is 4.57 Å². The Kier molecular flexibility index (Phi) is 3.40. The second-order valence-electron chi connectivity index (χ2n) is 5.43. The lowest BCUT2D eigenvalue weighted by Gasteiger charge is -2.11. The van der Waals surface area contributed by atoms with Crippen LogP contribution in [0.15, 0.2) is 23.0 Å². The van der Waals surface area contributed by atoms with Gasteiger partial charge in [-0.1, -0.05) is 34.5 Å². The van der Waals surface area contributed by atoms with Crippen molar-refractivity contribution >= 4 is 32.5 Å². The molecule has 3 aromatic rings. The summed E-state index contributed by atoms with van der Waals surface area (Å²) < 4.78 is 3.82. The molecule has 0 amide bonds. The summed E-state index contributed by atoms with van der Waals surface area (Å²) in [7, 11) is 1.82. The molecule has 110 valence electrons. The number of halogens is 1. The largest absolute Gasteiger partial charge is 0.295 e. The molecular weight excluding hydrogens is 330 g/mol. The first kappa shape index (κ1) is 14.3. The number of aryl methyl sites for hydroxylation is 3. The Balaban J connectivity index is 2.65. The van der Waals surface area contributed by atoms with Crippen molar-refractivity contribution in [2.75, 3.05) is 0 Å². The quantitative estimate of drug-likeness (QED) is 0.665. The lowest BCUT2D eigenvalue weighted by molar-refractivity contribution is 0.858. The number of imidazole rings is 1. The second-order valence-corrected chi connectivity index (χ2v) is 6.80. The molecule has 0 bridgehead atoms. The number of benzene rings is 1. The van der Waals surface area contributed by atoms with E-state index in [-0.39, 0.29) is 10.4 Å². The first-order chi connectivity index (χ1) is 9.95. The van der Waals surface area contributed by atoms with Crippen LogP contribution in [0, 0.1) is 6.92 Å². The van der Waals surface area contributed by atoms with E-state index < -0.39 is 0 Å². The second kappa shape index (κ2) is 4.98. The maximum Gasteiger partial charge on any atom is 0.261 e. The number of hydrogen-bond acceptors (Lipinski definition) is 2. The van der Waals surface area contributed by atoms with Crippen molar-refractivity contribution in [2.45, 2.75) is 32.0 Å². The zero-order chi connectivity index (χ0) is 15.3. The van der Waals surface area contributed by atoms with Crippen molar-refractivity contribution in [3.63, 3.8) is 0 Å². The van der Waals surface area contributed by atoms with Gasteiger partial charge in [0.15, 0.2) is 0 Å². The summed E-state index contributed by atoms with van der Waals surface area (Å²) in [5.41, 5.74) is 3.89. The molecule has 0 saturated heterocycles. The normalized spacial score (nSPS) is 13.2. The fourth-order valence-corrected chi connectivity index (χ4v) is 3.16. The Morgan fingerprint density at radius 2 is 2.10 bits per heavy atom. The number of alkyl halides is 1. The third kappa shape index (κ3) is 2.02. The van der Waals surface area contributed by atoms with E-state index in [0.717, 1.165) is 40.1 Å². The molecule has 5 heteroatoms. The fraction of sp³-hybridized carbons (Fsp3) is 0.375. The van der Waals surface area contributed by atoms with Crippen molar-refractivity contribution in [2.24, 2.45) is 7.05 Å². The Hall–Kier alpha value is -1.62. The molecule has 0 N–H and O–H groups in total. The van der Waals surface area contributed by atoms with Crippen LogP contribution in [0.1, 0.15) is 35.8 Å². The lowest BCUT2D eigenvalue weighted by atomic mass is 10.1. The van der Waals surface area contributed by atoms with Crippen molar-refractivity contribution in [3.8, 4) is 0 Å². The molecule has 1 aromatic carbocycles. The van der Waals surface area contributed by atoms with E-state index in [4.69, 9.17) is 4.98 Å². The van der Waals surface area contributed by atoms with Gasteiger partial charge in [-0.15, -0.1) is 0 Å². The third-order valence-corrected chi connectivity index (χ3v) is 4.29. The molecule has 1 unspecified atom stereocenters. The summed E-state index contributed by atoms with van der Waals surface area (Å²) in [6.45, 7) is 6.12. The number of fused-ring (bicyclic) bond motifs is 3. The average molecular weight is 348 g/mol. The standard InChI is InChI=1S/C16H18BrN3O/c1-5-12-15-19(4)16(21)11-8-9(2)6-7-13(11)20(15)14(18-12)10(3)17/h6-8,10H,5H2,1-4H3. The van der Waals surface area contributed by atoms with Gasteiger partial charge in [0.05, 0.1) is 21.4 Å². The fourth-order valence-electron chi connectivity index (χ4n) is 2.85. The predicted molar refractivity (Wildman–Crippen MR) is 89.4 cm³/mol. The Morgan fingerprint density at radius 1 is 1.38 bits per heavy atom. The first-order valence-corrected chi connectivity index (χ1v) is 8.02. The van der Waals surface area contributed by atoms with E-state index in [1.165, 1.54) is 0 Å². The molecule has 0 spiro atoms. The number of nitrogens with zero attached hydrogens (tertiary/aromatic N) is 3. The highest BCUT2D eigenvalue weighted by Gasteiger charge is 2.19. The molecular formula is C16H18BrN3O. The molecule has 4 nitrogen and oxygen atoms in total. The minimum atomic E-state index is 0.0320. The Bertz CT molecular complexity index is 905. The van der Waals surface area contributed by atoms with Crippen LogP contribution in [-0.2, 0) is 13.5 Å². The maximum absolute atomic E-state index is 12.7. The molecule has 0 aliphatic heterocycles. The van der Waals surface area contributed by atoms with Gasteiger partial charge in [-0.3, -0.25) is 13.8 Å². The highest BCUT2D eigenvalue weighted by molar-refractivity contribution is 9.09. The maximum atomic E-state index is 12.7. The third-order valence-electron chi connectivity index (χ3n) is 3.88. The Labute approximate surface area is 131 Å². The van der Waals surface area contributed by atoms with Gasteiger partial charge in [0, 0.05) is 7.05 Å². The minimum Gasteiger partial charge on any atom is -0.295 e. The summed E-state index contributed by atoms with van der Waals surface area (Å²) in [4.78, 5) is 17.5. The number of aromatic nitrogens is 3. The molecule has 2 aromatic heterocycles. The topological polar surface area (TPSA) is 39.3 Å². The van der Waals surface area contributed by atoms with Gasteiger partial charge in [0.25, 0.3) is 5.56 Å². The van der Waals surface area contributed by atoms with Crippen molar-refractivity contribution in [1.82, 2.24) is 14.0 Å². The average Bonchev–Trinajstić information content (AvgIpc) is 2.84. The van der Waals surface area contributed by atoms with Crippen LogP contribution >= 0.6 is 15.9 Å². The van der Waals surface area contributed by atoms with Crippen molar-refractivity contribution in [3.05, 3.63) is 45.6 Å². The summed E-state index contributed by atoms with van der Waals surface area (Å²) >= 11 is 3.62. The number of hydrogen-bond donors (Lipinski definition) is 0. The molecule has 0 fully saturated rings. The highest BCUT2D eigenvalue weighted by Crippen LogP contribution is 2.27. The Morgan fingerprint density at radius 3 is 2.71 bits per heavy atom. The summed E-state index contributed by atoms with van der Waals surface area (Å²) in [5, 5.41) is 0.736. The van der Waals surface area contributed by atoms with Crippen LogP contribution in [0.5, 0.6) is 0 Å². The molecule has 21 heavy (non-hydrogen) atoms. The molecule has 0 saturated carbocycles. The monoisotopic (exact) mass is 347 g/mol. The summed E-state index contributed by atoms with van der Waals surface area (Å²) in [5.74, 6) is 0.936. The van der Waals surface area contributed by atoms with Gasteiger partial charge < -0.3 is 0 Å². The van der Waals surface area contributed by atoms with Crippen LogP contribution in [0.2, 0.25) is 0 Å². The van der Waals surface area contributed by atoms with Crippen molar-refractivity contribution in [1.29, 1.82) is 0 Å². The zero-order valence-corrected chi connectivity index (χ0v) is 14.2. The molecule has 0 aliphatic rings. The van der Waals surface area contributed by atoms with Gasteiger partial charge in [0.2, 0.25) is 0 Å². The van der Waals surface area contributed by atoms with Gasteiger partial charge in [-0.2, -0.15) is 0 Å². The van der Waals surface area contributed by atoms with Gasteiger partial charge in [0.1, 0.15) is 11.5 Å². The van der Waals surface area contributed by atoms with Crippen LogP contribution in [-0.4, -0.2) is 14.0 Å². The van der Waals surface area contributed by atoms with E-state index in [1.807, 2.05) is 32.2 Å². The number of rotatable bonds is 2. The zero-order valence-electron chi connectivity index (χ0n) is 12.6. The highest BCUT2D eigenvalue weighted by atomic mass is 79.9.